The third-order valence-electron chi connectivity index (χ3n) is 2.95. The van der Waals surface area contributed by atoms with Gasteiger partial charge in [0.15, 0.2) is 5.76 Å². The number of nitrogens with two attached hydrogens (primary N) is 1. The number of nitrogens with one attached hydrogen (secondary N) is 1. The highest BCUT2D eigenvalue weighted by atomic mass is 16.3. The van der Waals surface area contributed by atoms with E-state index in [9.17, 15) is 4.79 Å². The molecule has 0 radical (unpaired) electrons. The maximum Gasteiger partial charge on any atom is 0.287 e. The number of hydrogen-bond acceptors (Lipinski definition) is 3. The number of amides is 1. The van der Waals surface area contributed by atoms with Gasteiger partial charge in [-0.15, -0.1) is 0 Å². The summed E-state index contributed by atoms with van der Waals surface area (Å²) in [6.45, 7) is 1.85. The second kappa shape index (κ2) is 4.06. The molecule has 0 aromatic carbocycles. The molecule has 1 aliphatic rings. The highest BCUT2D eigenvalue weighted by Gasteiger charge is 2.26. The van der Waals surface area contributed by atoms with Crippen LogP contribution in [-0.4, -0.2) is 18.0 Å². The van der Waals surface area contributed by atoms with E-state index in [2.05, 4.69) is 5.32 Å². The molecule has 1 aromatic rings. The van der Waals surface area contributed by atoms with E-state index in [4.69, 9.17) is 10.2 Å². The Morgan fingerprint density at radius 2 is 2.40 bits per heavy atom. The topological polar surface area (TPSA) is 68.3 Å². The van der Waals surface area contributed by atoms with Crippen molar-refractivity contribution in [2.75, 3.05) is 0 Å². The summed E-state index contributed by atoms with van der Waals surface area (Å²) in [5.74, 6) is 0.244. The number of carbonyl (C=O) groups is 1. The van der Waals surface area contributed by atoms with Gasteiger partial charge in [0.1, 0.15) is 0 Å². The maximum absolute atomic E-state index is 11.8. The van der Waals surface area contributed by atoms with Crippen LogP contribution in [0, 0.1) is 6.92 Å². The van der Waals surface area contributed by atoms with Gasteiger partial charge in [-0.05, 0) is 32.3 Å². The molecular formula is C11H16N2O2. The Labute approximate surface area is 88.8 Å². The van der Waals surface area contributed by atoms with Gasteiger partial charge in [-0.3, -0.25) is 4.79 Å². The number of carbonyl (C=O) groups excluding carboxylic acids is 1. The average Bonchev–Trinajstić information content (AvgIpc) is 2.76. The summed E-state index contributed by atoms with van der Waals surface area (Å²) in [6, 6.07) is 1.97. The van der Waals surface area contributed by atoms with Gasteiger partial charge in [0.25, 0.3) is 5.91 Å². The van der Waals surface area contributed by atoms with E-state index in [1.807, 2.05) is 6.92 Å². The number of aryl methyl sites for hydroxylation is 1. The molecule has 0 aliphatic heterocycles. The van der Waals surface area contributed by atoms with Crippen molar-refractivity contribution in [3.8, 4) is 0 Å². The molecule has 3 N–H and O–H groups in total. The fourth-order valence-corrected chi connectivity index (χ4v) is 2.01. The molecule has 0 spiro atoms. The van der Waals surface area contributed by atoms with Crippen molar-refractivity contribution in [2.24, 2.45) is 5.73 Å². The molecule has 82 valence electrons. The van der Waals surface area contributed by atoms with Crippen LogP contribution in [-0.2, 0) is 0 Å². The van der Waals surface area contributed by atoms with Gasteiger partial charge >= 0.3 is 0 Å². The summed E-state index contributed by atoms with van der Waals surface area (Å²) >= 11 is 0. The van der Waals surface area contributed by atoms with Crippen molar-refractivity contribution in [2.45, 2.75) is 38.3 Å². The van der Waals surface area contributed by atoms with Crippen LogP contribution in [0.5, 0.6) is 0 Å². The van der Waals surface area contributed by atoms with Crippen LogP contribution in [0.3, 0.4) is 0 Å². The lowest BCUT2D eigenvalue weighted by Crippen LogP contribution is -2.44. The Morgan fingerprint density at radius 1 is 1.60 bits per heavy atom. The third kappa shape index (κ3) is 2.04. The molecule has 1 saturated carbocycles. The SMILES string of the molecule is Cc1ccoc1C(=O)NC1CCCC1N. The normalized spacial score (nSPS) is 25.5. The largest absolute Gasteiger partial charge is 0.459 e. The number of rotatable bonds is 2. The zero-order valence-electron chi connectivity index (χ0n) is 8.82. The third-order valence-corrected chi connectivity index (χ3v) is 2.95. The van der Waals surface area contributed by atoms with Gasteiger partial charge < -0.3 is 15.5 Å². The Hall–Kier alpha value is -1.29. The Bertz CT molecular complexity index is 359. The first-order chi connectivity index (χ1) is 7.18. The lowest BCUT2D eigenvalue weighted by atomic mass is 10.2. The van der Waals surface area contributed by atoms with E-state index in [0.29, 0.717) is 5.76 Å². The standard InChI is InChI=1S/C11H16N2O2/c1-7-5-6-15-10(7)11(14)13-9-4-2-3-8(9)12/h5-6,8-9H,2-4,12H2,1H3,(H,13,14). The second-order valence-corrected chi connectivity index (χ2v) is 4.11. The minimum atomic E-state index is -0.153. The molecule has 2 atom stereocenters. The molecule has 0 bridgehead atoms. The van der Waals surface area contributed by atoms with Crippen LogP contribution in [0.25, 0.3) is 0 Å². The maximum atomic E-state index is 11.8. The van der Waals surface area contributed by atoms with Gasteiger partial charge in [0.2, 0.25) is 0 Å². The zero-order chi connectivity index (χ0) is 10.8. The first-order valence-corrected chi connectivity index (χ1v) is 5.29. The number of hydrogen-bond donors (Lipinski definition) is 2. The minimum absolute atomic E-state index is 0.0872. The van der Waals surface area contributed by atoms with E-state index in [-0.39, 0.29) is 18.0 Å². The van der Waals surface area contributed by atoms with Crippen LogP contribution >= 0.6 is 0 Å². The molecule has 15 heavy (non-hydrogen) atoms. The van der Waals surface area contributed by atoms with E-state index < -0.39 is 0 Å². The smallest absolute Gasteiger partial charge is 0.287 e. The van der Waals surface area contributed by atoms with E-state index >= 15 is 0 Å². The summed E-state index contributed by atoms with van der Waals surface area (Å²) in [6.07, 6.45) is 4.57. The van der Waals surface area contributed by atoms with Crippen molar-refractivity contribution in [3.05, 3.63) is 23.7 Å². The molecular weight excluding hydrogens is 192 g/mol. The van der Waals surface area contributed by atoms with Crippen molar-refractivity contribution in [3.63, 3.8) is 0 Å². The van der Waals surface area contributed by atoms with Crippen LogP contribution in [0.15, 0.2) is 16.7 Å². The summed E-state index contributed by atoms with van der Waals surface area (Å²) in [5.41, 5.74) is 6.73. The molecule has 2 unspecified atom stereocenters. The molecule has 1 amide bonds. The molecule has 1 aromatic heterocycles. The fourth-order valence-electron chi connectivity index (χ4n) is 2.01. The predicted molar refractivity (Wildman–Crippen MR) is 56.5 cm³/mol. The van der Waals surface area contributed by atoms with Crippen molar-refractivity contribution >= 4 is 5.91 Å². The summed E-state index contributed by atoms with van der Waals surface area (Å²) < 4.78 is 5.12. The highest BCUT2D eigenvalue weighted by molar-refractivity contribution is 5.93. The zero-order valence-corrected chi connectivity index (χ0v) is 8.82. The molecule has 0 saturated heterocycles. The fraction of sp³-hybridized carbons (Fsp3) is 0.545. The summed E-state index contributed by atoms with van der Waals surface area (Å²) in [5, 5.41) is 2.91. The Kier molecular flexibility index (Phi) is 2.77. The predicted octanol–water partition coefficient (Wildman–Crippen LogP) is 1.20. The van der Waals surface area contributed by atoms with Crippen LogP contribution < -0.4 is 11.1 Å². The molecule has 1 heterocycles. The van der Waals surface area contributed by atoms with E-state index in [1.165, 1.54) is 6.26 Å². The number of furan rings is 1. The van der Waals surface area contributed by atoms with Crippen molar-refractivity contribution < 1.29 is 9.21 Å². The summed E-state index contributed by atoms with van der Waals surface area (Å²) in [4.78, 5) is 11.8. The lowest BCUT2D eigenvalue weighted by Gasteiger charge is -2.16. The van der Waals surface area contributed by atoms with Crippen LogP contribution in [0.4, 0.5) is 0 Å². The van der Waals surface area contributed by atoms with E-state index in [1.54, 1.807) is 6.07 Å². The van der Waals surface area contributed by atoms with Crippen molar-refractivity contribution in [1.82, 2.24) is 5.32 Å². The Morgan fingerprint density at radius 3 is 2.93 bits per heavy atom. The van der Waals surface area contributed by atoms with Gasteiger partial charge in [-0.2, -0.15) is 0 Å². The van der Waals surface area contributed by atoms with Gasteiger partial charge in [0, 0.05) is 17.6 Å². The summed E-state index contributed by atoms with van der Waals surface area (Å²) in [7, 11) is 0. The van der Waals surface area contributed by atoms with Gasteiger partial charge in [-0.1, -0.05) is 0 Å². The quantitative estimate of drug-likeness (QED) is 0.767. The van der Waals surface area contributed by atoms with Crippen LogP contribution in [0.1, 0.15) is 35.4 Å². The first kappa shape index (κ1) is 10.2. The molecule has 4 heteroatoms. The Balaban J connectivity index is 2.01. The average molecular weight is 208 g/mol. The lowest BCUT2D eigenvalue weighted by molar-refractivity contribution is 0.0905. The monoisotopic (exact) mass is 208 g/mol. The van der Waals surface area contributed by atoms with Crippen LogP contribution in [0.2, 0.25) is 0 Å². The minimum Gasteiger partial charge on any atom is -0.459 e. The second-order valence-electron chi connectivity index (χ2n) is 4.11. The highest BCUT2D eigenvalue weighted by Crippen LogP contribution is 2.18. The molecule has 2 rings (SSSR count). The van der Waals surface area contributed by atoms with Gasteiger partial charge in [-0.25, -0.2) is 0 Å². The first-order valence-electron chi connectivity index (χ1n) is 5.29. The van der Waals surface area contributed by atoms with Crippen molar-refractivity contribution in [1.29, 1.82) is 0 Å². The van der Waals surface area contributed by atoms with Gasteiger partial charge in [0.05, 0.1) is 6.26 Å². The molecule has 1 fully saturated rings. The molecule has 4 nitrogen and oxygen atoms in total. The molecule has 1 aliphatic carbocycles. The van der Waals surface area contributed by atoms with E-state index in [0.717, 1.165) is 24.8 Å².